The molecule has 1 atom stereocenters. The molecule has 1 saturated carbocycles. The maximum absolute atomic E-state index is 10.5. The summed E-state index contributed by atoms with van der Waals surface area (Å²) in [7, 11) is 0. The first-order valence-electron chi connectivity index (χ1n) is 7.12. The molecule has 18 heavy (non-hydrogen) atoms. The molecule has 0 saturated heterocycles. The number of aromatic nitrogens is 1. The summed E-state index contributed by atoms with van der Waals surface area (Å²) in [6.45, 7) is 6.52. The summed E-state index contributed by atoms with van der Waals surface area (Å²) in [6, 6.07) is 0. The number of aliphatic hydroxyl groups excluding tert-OH is 1. The summed E-state index contributed by atoms with van der Waals surface area (Å²) < 4.78 is 0. The summed E-state index contributed by atoms with van der Waals surface area (Å²) in [5.41, 5.74) is 0.989. The smallest absolute Gasteiger partial charge is 0.0996 e. The molecular weight excluding hydrogens is 242 g/mol. The van der Waals surface area contributed by atoms with Crippen LogP contribution in [0.1, 0.15) is 76.1 Å². The van der Waals surface area contributed by atoms with Crippen molar-refractivity contribution in [3.8, 4) is 0 Å². The van der Waals surface area contributed by atoms with E-state index in [2.05, 4.69) is 31.1 Å². The quantitative estimate of drug-likeness (QED) is 0.803. The molecule has 1 N–H and O–H groups in total. The maximum atomic E-state index is 10.5. The largest absolute Gasteiger partial charge is 0.386 e. The van der Waals surface area contributed by atoms with Gasteiger partial charge in [0.2, 0.25) is 0 Å². The molecular formula is C15H25NOS. The van der Waals surface area contributed by atoms with Crippen molar-refractivity contribution in [1.29, 1.82) is 0 Å². The molecule has 1 aromatic heterocycles. The Hall–Kier alpha value is -0.410. The molecule has 0 aromatic carbocycles. The minimum absolute atomic E-state index is 0.0894. The van der Waals surface area contributed by atoms with E-state index in [1.807, 2.05) is 0 Å². The minimum Gasteiger partial charge on any atom is -0.386 e. The number of hydrogen-bond acceptors (Lipinski definition) is 3. The molecule has 0 aliphatic heterocycles. The van der Waals surface area contributed by atoms with Gasteiger partial charge in [-0.15, -0.1) is 11.3 Å². The predicted octanol–water partition coefficient (Wildman–Crippen LogP) is 4.44. The predicted molar refractivity (Wildman–Crippen MR) is 77.0 cm³/mol. The highest BCUT2D eigenvalue weighted by molar-refractivity contribution is 7.09. The number of hydrogen-bond donors (Lipinski definition) is 1. The van der Waals surface area contributed by atoms with Crippen LogP contribution in [0, 0.1) is 5.92 Å². The van der Waals surface area contributed by atoms with Gasteiger partial charge in [-0.25, -0.2) is 4.98 Å². The monoisotopic (exact) mass is 267 g/mol. The van der Waals surface area contributed by atoms with Gasteiger partial charge in [0.25, 0.3) is 0 Å². The zero-order valence-corrected chi connectivity index (χ0v) is 12.6. The average molecular weight is 267 g/mol. The molecule has 1 aliphatic carbocycles. The van der Waals surface area contributed by atoms with E-state index in [-0.39, 0.29) is 11.5 Å². The van der Waals surface area contributed by atoms with Crippen LogP contribution in [0.25, 0.3) is 0 Å². The highest BCUT2D eigenvalue weighted by atomic mass is 32.1. The van der Waals surface area contributed by atoms with Gasteiger partial charge in [0.05, 0.1) is 16.8 Å². The second kappa shape index (κ2) is 5.70. The van der Waals surface area contributed by atoms with E-state index in [1.165, 1.54) is 25.7 Å². The van der Waals surface area contributed by atoms with E-state index < -0.39 is 0 Å². The zero-order chi connectivity index (χ0) is 13.2. The van der Waals surface area contributed by atoms with E-state index in [9.17, 15) is 5.11 Å². The van der Waals surface area contributed by atoms with Gasteiger partial charge >= 0.3 is 0 Å². The number of aliphatic hydroxyl groups is 1. The summed E-state index contributed by atoms with van der Waals surface area (Å²) in [6.07, 6.45) is 7.14. The lowest BCUT2D eigenvalue weighted by Gasteiger charge is -2.20. The lowest BCUT2D eigenvalue weighted by molar-refractivity contribution is 0.0951. The van der Waals surface area contributed by atoms with Gasteiger partial charge in [-0.05, 0) is 18.8 Å². The Kier molecular flexibility index (Phi) is 4.44. The van der Waals surface area contributed by atoms with Crippen molar-refractivity contribution in [2.75, 3.05) is 0 Å². The van der Waals surface area contributed by atoms with E-state index >= 15 is 0 Å². The second-order valence-corrected chi connectivity index (χ2v) is 7.38. The lowest BCUT2D eigenvalue weighted by atomic mass is 9.92. The highest BCUT2D eigenvalue weighted by Gasteiger charge is 2.26. The topological polar surface area (TPSA) is 33.1 Å². The van der Waals surface area contributed by atoms with E-state index in [0.717, 1.165) is 23.5 Å². The maximum Gasteiger partial charge on any atom is 0.0996 e. The van der Waals surface area contributed by atoms with Crippen LogP contribution in [0.15, 0.2) is 5.38 Å². The van der Waals surface area contributed by atoms with Gasteiger partial charge < -0.3 is 5.11 Å². The Labute approximate surface area is 114 Å². The average Bonchev–Trinajstić information content (AvgIpc) is 2.65. The van der Waals surface area contributed by atoms with Crippen LogP contribution in [-0.4, -0.2) is 10.1 Å². The van der Waals surface area contributed by atoms with Crippen LogP contribution in [0.4, 0.5) is 0 Å². The zero-order valence-electron chi connectivity index (χ0n) is 11.8. The third kappa shape index (κ3) is 3.33. The van der Waals surface area contributed by atoms with Gasteiger partial charge in [-0.3, -0.25) is 0 Å². The molecule has 0 spiro atoms. The highest BCUT2D eigenvalue weighted by Crippen LogP contribution is 2.35. The number of nitrogens with zero attached hydrogens (tertiary/aromatic N) is 1. The Bertz CT molecular complexity index is 372. The Balaban J connectivity index is 2.08. The Morgan fingerprint density at radius 2 is 1.83 bits per heavy atom. The SMILES string of the molecule is CC(C)(C)c1nc(C(O)C2CCCCCC2)cs1. The summed E-state index contributed by atoms with van der Waals surface area (Å²) in [5, 5.41) is 13.7. The van der Waals surface area contributed by atoms with Crippen LogP contribution in [0.2, 0.25) is 0 Å². The normalized spacial score (nSPS) is 20.7. The van der Waals surface area contributed by atoms with Crippen LogP contribution in [0.5, 0.6) is 0 Å². The van der Waals surface area contributed by atoms with Crippen molar-refractivity contribution < 1.29 is 5.11 Å². The molecule has 0 bridgehead atoms. The number of thiazole rings is 1. The molecule has 1 heterocycles. The van der Waals surface area contributed by atoms with Crippen molar-refractivity contribution in [2.45, 2.75) is 70.8 Å². The van der Waals surface area contributed by atoms with Crippen LogP contribution in [-0.2, 0) is 5.41 Å². The standard InChI is InChI=1S/C15H25NOS/c1-15(2,3)14-16-12(10-18-14)13(17)11-8-6-4-5-7-9-11/h10-11,13,17H,4-9H2,1-3H3. The molecule has 0 radical (unpaired) electrons. The van der Waals surface area contributed by atoms with Crippen molar-refractivity contribution >= 4 is 11.3 Å². The van der Waals surface area contributed by atoms with Gasteiger partial charge in [0, 0.05) is 10.8 Å². The first-order chi connectivity index (χ1) is 8.48. The fraction of sp³-hybridized carbons (Fsp3) is 0.800. The van der Waals surface area contributed by atoms with Gasteiger partial charge in [-0.1, -0.05) is 46.5 Å². The Morgan fingerprint density at radius 3 is 2.33 bits per heavy atom. The van der Waals surface area contributed by atoms with E-state index in [0.29, 0.717) is 5.92 Å². The van der Waals surface area contributed by atoms with Crippen molar-refractivity contribution in [3.63, 3.8) is 0 Å². The van der Waals surface area contributed by atoms with Crippen molar-refractivity contribution in [2.24, 2.45) is 5.92 Å². The molecule has 1 fully saturated rings. The Morgan fingerprint density at radius 1 is 1.22 bits per heavy atom. The van der Waals surface area contributed by atoms with Crippen molar-refractivity contribution in [3.05, 3.63) is 16.1 Å². The first-order valence-corrected chi connectivity index (χ1v) is 8.00. The number of rotatable bonds is 2. The molecule has 1 aromatic rings. The molecule has 0 amide bonds. The lowest BCUT2D eigenvalue weighted by Crippen LogP contribution is -2.14. The molecule has 1 aliphatic rings. The summed E-state index contributed by atoms with van der Waals surface area (Å²) in [4.78, 5) is 4.66. The molecule has 2 nitrogen and oxygen atoms in total. The van der Waals surface area contributed by atoms with Crippen molar-refractivity contribution in [1.82, 2.24) is 4.98 Å². The van der Waals surface area contributed by atoms with E-state index in [4.69, 9.17) is 0 Å². The van der Waals surface area contributed by atoms with Crippen LogP contribution in [0.3, 0.4) is 0 Å². The van der Waals surface area contributed by atoms with Gasteiger partial charge in [0.15, 0.2) is 0 Å². The van der Waals surface area contributed by atoms with Gasteiger partial charge in [-0.2, -0.15) is 0 Å². The molecule has 102 valence electrons. The third-order valence-corrected chi connectivity index (χ3v) is 5.10. The van der Waals surface area contributed by atoms with Gasteiger partial charge in [0.1, 0.15) is 0 Å². The van der Waals surface area contributed by atoms with E-state index in [1.54, 1.807) is 11.3 Å². The second-order valence-electron chi connectivity index (χ2n) is 6.52. The first kappa shape index (κ1) is 14.0. The third-order valence-electron chi connectivity index (χ3n) is 3.81. The molecule has 1 unspecified atom stereocenters. The summed E-state index contributed by atoms with van der Waals surface area (Å²) >= 11 is 1.68. The fourth-order valence-electron chi connectivity index (χ4n) is 2.63. The molecule has 3 heteroatoms. The van der Waals surface area contributed by atoms with Crippen LogP contribution >= 0.6 is 11.3 Å². The van der Waals surface area contributed by atoms with Crippen LogP contribution < -0.4 is 0 Å². The minimum atomic E-state index is -0.351. The molecule has 2 rings (SSSR count). The summed E-state index contributed by atoms with van der Waals surface area (Å²) in [5.74, 6) is 0.419. The fourth-order valence-corrected chi connectivity index (χ4v) is 3.57.